The molecule has 0 N–H and O–H groups in total. The smallest absolute Gasteiger partial charge is 0.265 e. The molecule has 1 aromatic heterocycles. The second kappa shape index (κ2) is 10.1. The summed E-state index contributed by atoms with van der Waals surface area (Å²) in [5.74, 6) is 0.0748. The van der Waals surface area contributed by atoms with Crippen molar-refractivity contribution in [2.45, 2.75) is 13.0 Å². The molecule has 3 aromatic carbocycles. The molecular weight excluding hydrogens is 462 g/mol. The maximum absolute atomic E-state index is 13.4. The van der Waals surface area contributed by atoms with Gasteiger partial charge in [0.15, 0.2) is 0 Å². The van der Waals surface area contributed by atoms with Crippen molar-refractivity contribution in [1.82, 2.24) is 14.8 Å². The fourth-order valence-electron chi connectivity index (χ4n) is 4.52. The second-order valence-electron chi connectivity index (χ2n) is 8.49. The van der Waals surface area contributed by atoms with Crippen molar-refractivity contribution in [2.75, 3.05) is 26.2 Å². The highest BCUT2D eigenvalue weighted by Gasteiger charge is 2.30. The van der Waals surface area contributed by atoms with Gasteiger partial charge in [-0.3, -0.25) is 9.69 Å². The molecule has 0 radical (unpaired) electrons. The van der Waals surface area contributed by atoms with Crippen LogP contribution in [0.5, 0.6) is 0 Å². The zero-order chi connectivity index (χ0) is 23.5. The van der Waals surface area contributed by atoms with Gasteiger partial charge in [0, 0.05) is 36.8 Å². The zero-order valence-electron chi connectivity index (χ0n) is 19.0. The summed E-state index contributed by atoms with van der Waals surface area (Å²) in [6.45, 7) is 4.95. The standard InChI is InChI=1S/C28H26ClN3OS/c1-20-26(34-27(30-20)23-12-14-24(29)15-13-23)28(33)32-18-16-31(17-19-32)25(21-8-4-2-5-9-21)22-10-6-3-7-11-22/h2-15,25H,16-19H2,1H3. The number of piperazine rings is 1. The Balaban J connectivity index is 1.32. The van der Waals surface area contributed by atoms with E-state index in [0.717, 1.165) is 34.2 Å². The maximum atomic E-state index is 13.4. The molecule has 1 aliphatic rings. The largest absolute Gasteiger partial charge is 0.335 e. The third kappa shape index (κ3) is 4.78. The van der Waals surface area contributed by atoms with E-state index in [4.69, 9.17) is 11.6 Å². The number of amides is 1. The van der Waals surface area contributed by atoms with Gasteiger partial charge >= 0.3 is 0 Å². The van der Waals surface area contributed by atoms with Gasteiger partial charge in [0.2, 0.25) is 0 Å². The summed E-state index contributed by atoms with van der Waals surface area (Å²) in [6.07, 6.45) is 0. The summed E-state index contributed by atoms with van der Waals surface area (Å²) in [5, 5.41) is 1.54. The molecule has 1 amide bonds. The Morgan fingerprint density at radius 1 is 0.853 bits per heavy atom. The summed E-state index contributed by atoms with van der Waals surface area (Å²) >= 11 is 7.48. The van der Waals surface area contributed by atoms with Crippen LogP contribution >= 0.6 is 22.9 Å². The van der Waals surface area contributed by atoms with E-state index < -0.39 is 0 Å². The van der Waals surface area contributed by atoms with Crippen LogP contribution in [0.25, 0.3) is 10.6 Å². The normalized spacial score (nSPS) is 14.5. The first-order valence-corrected chi connectivity index (χ1v) is 12.7. The quantitative estimate of drug-likeness (QED) is 0.330. The fraction of sp³-hybridized carbons (Fsp3) is 0.214. The molecule has 0 atom stereocenters. The lowest BCUT2D eigenvalue weighted by Crippen LogP contribution is -2.49. The third-order valence-electron chi connectivity index (χ3n) is 6.28. The molecule has 6 heteroatoms. The van der Waals surface area contributed by atoms with Crippen molar-refractivity contribution < 1.29 is 4.79 Å². The first kappa shape index (κ1) is 22.8. The van der Waals surface area contributed by atoms with Crippen molar-refractivity contribution in [3.63, 3.8) is 0 Å². The van der Waals surface area contributed by atoms with Gasteiger partial charge in [-0.25, -0.2) is 4.98 Å². The van der Waals surface area contributed by atoms with E-state index in [0.29, 0.717) is 18.1 Å². The van der Waals surface area contributed by atoms with Crippen LogP contribution in [0.3, 0.4) is 0 Å². The Hall–Kier alpha value is -2.99. The van der Waals surface area contributed by atoms with Crippen molar-refractivity contribution in [3.8, 4) is 10.6 Å². The van der Waals surface area contributed by atoms with Crippen LogP contribution in [0.2, 0.25) is 5.02 Å². The summed E-state index contributed by atoms with van der Waals surface area (Å²) in [7, 11) is 0. The molecule has 1 aliphatic heterocycles. The van der Waals surface area contributed by atoms with E-state index in [1.54, 1.807) is 0 Å². The van der Waals surface area contributed by atoms with Crippen molar-refractivity contribution in [2.24, 2.45) is 0 Å². The van der Waals surface area contributed by atoms with E-state index >= 15 is 0 Å². The van der Waals surface area contributed by atoms with Gasteiger partial charge in [0.1, 0.15) is 9.88 Å². The number of hydrogen-bond donors (Lipinski definition) is 0. The van der Waals surface area contributed by atoms with Gasteiger partial charge in [0.25, 0.3) is 5.91 Å². The highest BCUT2D eigenvalue weighted by atomic mass is 35.5. The topological polar surface area (TPSA) is 36.4 Å². The lowest BCUT2D eigenvalue weighted by atomic mass is 9.96. The molecule has 1 fully saturated rings. The Bertz CT molecular complexity index is 1210. The number of hydrogen-bond acceptors (Lipinski definition) is 4. The number of aryl methyl sites for hydroxylation is 1. The Kier molecular flexibility index (Phi) is 6.77. The molecule has 1 saturated heterocycles. The molecule has 0 saturated carbocycles. The van der Waals surface area contributed by atoms with E-state index in [9.17, 15) is 4.79 Å². The molecule has 4 nitrogen and oxygen atoms in total. The van der Waals surface area contributed by atoms with Crippen molar-refractivity contribution in [3.05, 3.63) is 112 Å². The number of carbonyl (C=O) groups excluding carboxylic acids is 1. The first-order valence-electron chi connectivity index (χ1n) is 11.5. The molecule has 4 aromatic rings. The number of halogens is 1. The van der Waals surface area contributed by atoms with Crippen LogP contribution in [0.15, 0.2) is 84.9 Å². The van der Waals surface area contributed by atoms with E-state index in [-0.39, 0.29) is 11.9 Å². The summed E-state index contributed by atoms with van der Waals surface area (Å²) in [4.78, 5) is 23.2. The number of carbonyl (C=O) groups is 1. The summed E-state index contributed by atoms with van der Waals surface area (Å²) in [5.41, 5.74) is 4.32. The highest BCUT2D eigenvalue weighted by molar-refractivity contribution is 7.17. The average molecular weight is 488 g/mol. The number of aromatic nitrogens is 1. The molecule has 172 valence electrons. The predicted molar refractivity (Wildman–Crippen MR) is 140 cm³/mol. The van der Waals surface area contributed by atoms with Gasteiger partial charge in [-0.2, -0.15) is 0 Å². The SMILES string of the molecule is Cc1nc(-c2ccc(Cl)cc2)sc1C(=O)N1CCN(C(c2ccccc2)c2ccccc2)CC1. The molecule has 0 spiro atoms. The van der Waals surface area contributed by atoms with Crippen molar-refractivity contribution in [1.29, 1.82) is 0 Å². The monoisotopic (exact) mass is 487 g/mol. The summed E-state index contributed by atoms with van der Waals surface area (Å²) < 4.78 is 0. The van der Waals surface area contributed by atoms with Gasteiger partial charge in [-0.05, 0) is 30.2 Å². The number of nitrogens with zero attached hydrogens (tertiary/aromatic N) is 3. The molecule has 2 heterocycles. The first-order chi connectivity index (χ1) is 16.6. The molecule has 0 unspecified atom stereocenters. The van der Waals surface area contributed by atoms with Crippen LogP contribution < -0.4 is 0 Å². The lowest BCUT2D eigenvalue weighted by molar-refractivity contribution is 0.0601. The fourth-order valence-corrected chi connectivity index (χ4v) is 5.69. The van der Waals surface area contributed by atoms with Crippen molar-refractivity contribution >= 4 is 28.8 Å². The van der Waals surface area contributed by atoms with Crippen LogP contribution in [-0.4, -0.2) is 46.9 Å². The Morgan fingerprint density at radius 2 is 1.41 bits per heavy atom. The molecule has 0 bridgehead atoms. The molecular formula is C28H26ClN3OS. The average Bonchev–Trinajstić information content (AvgIpc) is 3.27. The van der Waals surface area contributed by atoms with Gasteiger partial charge in [0.05, 0.1) is 11.7 Å². The molecule has 0 aliphatic carbocycles. The van der Waals surface area contributed by atoms with Gasteiger partial charge in [-0.15, -0.1) is 11.3 Å². The number of benzene rings is 3. The highest BCUT2D eigenvalue weighted by Crippen LogP contribution is 2.32. The third-order valence-corrected chi connectivity index (χ3v) is 7.73. The minimum Gasteiger partial charge on any atom is -0.335 e. The molecule has 34 heavy (non-hydrogen) atoms. The maximum Gasteiger partial charge on any atom is 0.265 e. The van der Waals surface area contributed by atoms with E-state index in [1.807, 2.05) is 36.1 Å². The minimum atomic E-state index is 0.0748. The van der Waals surface area contributed by atoms with Crippen LogP contribution in [0, 0.1) is 6.92 Å². The zero-order valence-corrected chi connectivity index (χ0v) is 20.6. The number of rotatable bonds is 5. The second-order valence-corrected chi connectivity index (χ2v) is 9.93. The van der Waals surface area contributed by atoms with E-state index in [2.05, 4.69) is 70.5 Å². The Labute approximate surface area is 209 Å². The van der Waals surface area contributed by atoms with Gasteiger partial charge < -0.3 is 4.90 Å². The number of thiazole rings is 1. The van der Waals surface area contributed by atoms with E-state index in [1.165, 1.54) is 22.5 Å². The summed E-state index contributed by atoms with van der Waals surface area (Å²) in [6, 6.07) is 29.0. The van der Waals surface area contributed by atoms with Crippen LogP contribution in [0.4, 0.5) is 0 Å². The van der Waals surface area contributed by atoms with Crippen LogP contribution in [0.1, 0.15) is 32.5 Å². The van der Waals surface area contributed by atoms with Crippen LogP contribution in [-0.2, 0) is 0 Å². The minimum absolute atomic E-state index is 0.0748. The predicted octanol–water partition coefficient (Wildman–Crippen LogP) is 6.32. The Morgan fingerprint density at radius 3 is 1.97 bits per heavy atom. The lowest BCUT2D eigenvalue weighted by Gasteiger charge is -2.39. The molecule has 5 rings (SSSR count). The van der Waals surface area contributed by atoms with Gasteiger partial charge in [-0.1, -0.05) is 84.4 Å².